The predicted octanol–water partition coefficient (Wildman–Crippen LogP) is 1.96. The molecular weight excluding hydrogens is 323 g/mol. The molecule has 0 aliphatic rings. The zero-order chi connectivity index (χ0) is 11.5. The fourth-order valence-corrected chi connectivity index (χ4v) is 1.80. The first-order chi connectivity index (χ1) is 7.66. The van der Waals surface area contributed by atoms with Crippen LogP contribution >= 0.6 is 22.6 Å². The van der Waals surface area contributed by atoms with E-state index in [1.165, 1.54) is 0 Å². The molecule has 0 fully saturated rings. The van der Waals surface area contributed by atoms with Crippen molar-refractivity contribution in [3.8, 4) is 0 Å². The SMILES string of the molecule is O=C(O)c1noc(Cc2ccccc2I)n1. The largest absolute Gasteiger partial charge is 0.475 e. The van der Waals surface area contributed by atoms with Crippen LogP contribution < -0.4 is 0 Å². The zero-order valence-corrected chi connectivity index (χ0v) is 10.2. The normalized spacial score (nSPS) is 10.3. The highest BCUT2D eigenvalue weighted by Crippen LogP contribution is 2.15. The Morgan fingerprint density at radius 1 is 1.44 bits per heavy atom. The van der Waals surface area contributed by atoms with Crippen LogP contribution in [-0.4, -0.2) is 21.2 Å². The molecule has 1 heterocycles. The van der Waals surface area contributed by atoms with E-state index in [2.05, 4.69) is 32.7 Å². The Labute approximate surface area is 105 Å². The van der Waals surface area contributed by atoms with Crippen molar-refractivity contribution >= 4 is 28.6 Å². The van der Waals surface area contributed by atoms with Gasteiger partial charge in [0, 0.05) is 3.57 Å². The van der Waals surface area contributed by atoms with Gasteiger partial charge in [0.25, 0.3) is 5.82 Å². The first-order valence-electron chi connectivity index (χ1n) is 4.46. The Hall–Kier alpha value is -1.44. The highest BCUT2D eigenvalue weighted by molar-refractivity contribution is 14.1. The molecule has 0 unspecified atom stereocenters. The zero-order valence-electron chi connectivity index (χ0n) is 8.05. The minimum atomic E-state index is -1.18. The van der Waals surface area contributed by atoms with Gasteiger partial charge >= 0.3 is 5.97 Å². The molecule has 0 saturated heterocycles. The van der Waals surface area contributed by atoms with E-state index in [0.29, 0.717) is 12.3 Å². The standard InChI is InChI=1S/C10H7IN2O3/c11-7-4-2-1-3-6(7)5-8-12-9(10(14)15)13-16-8/h1-4H,5H2,(H,14,15). The van der Waals surface area contributed by atoms with Gasteiger partial charge in [0.15, 0.2) is 0 Å². The van der Waals surface area contributed by atoms with Crippen molar-refractivity contribution in [2.24, 2.45) is 0 Å². The van der Waals surface area contributed by atoms with Crippen LogP contribution in [0, 0.1) is 3.57 Å². The maximum absolute atomic E-state index is 10.5. The molecule has 1 aromatic heterocycles. The van der Waals surface area contributed by atoms with Crippen LogP contribution in [0.25, 0.3) is 0 Å². The topological polar surface area (TPSA) is 76.2 Å². The maximum Gasteiger partial charge on any atom is 0.377 e. The van der Waals surface area contributed by atoms with Crippen molar-refractivity contribution in [3.63, 3.8) is 0 Å². The van der Waals surface area contributed by atoms with Crippen molar-refractivity contribution < 1.29 is 14.4 Å². The Bertz CT molecular complexity index is 524. The first-order valence-corrected chi connectivity index (χ1v) is 5.54. The molecule has 2 rings (SSSR count). The van der Waals surface area contributed by atoms with Crippen molar-refractivity contribution in [2.45, 2.75) is 6.42 Å². The molecule has 5 nitrogen and oxygen atoms in total. The minimum absolute atomic E-state index is 0.305. The highest BCUT2D eigenvalue weighted by atomic mass is 127. The number of rotatable bonds is 3. The van der Waals surface area contributed by atoms with Gasteiger partial charge in [-0.3, -0.25) is 0 Å². The molecule has 1 N–H and O–H groups in total. The van der Waals surface area contributed by atoms with Gasteiger partial charge in [0.05, 0.1) is 6.42 Å². The highest BCUT2D eigenvalue weighted by Gasteiger charge is 2.13. The number of halogens is 1. The molecule has 0 amide bonds. The van der Waals surface area contributed by atoms with Crippen LogP contribution in [0.5, 0.6) is 0 Å². The summed E-state index contributed by atoms with van der Waals surface area (Å²) in [6.07, 6.45) is 0.444. The fraction of sp³-hybridized carbons (Fsp3) is 0.100. The molecule has 82 valence electrons. The number of carboxylic acids is 1. The van der Waals surface area contributed by atoms with Gasteiger partial charge in [0.1, 0.15) is 0 Å². The summed E-state index contributed by atoms with van der Waals surface area (Å²) in [6, 6.07) is 7.74. The van der Waals surface area contributed by atoms with Crippen LogP contribution in [0.15, 0.2) is 28.8 Å². The summed E-state index contributed by atoms with van der Waals surface area (Å²) in [7, 11) is 0. The molecule has 0 spiro atoms. The monoisotopic (exact) mass is 330 g/mol. The van der Waals surface area contributed by atoms with Gasteiger partial charge < -0.3 is 9.63 Å². The Morgan fingerprint density at radius 2 is 2.19 bits per heavy atom. The average molecular weight is 330 g/mol. The molecule has 0 aliphatic heterocycles. The van der Waals surface area contributed by atoms with Gasteiger partial charge in [-0.25, -0.2) is 4.79 Å². The number of carboxylic acid groups (broad SMARTS) is 1. The van der Waals surface area contributed by atoms with Crippen LogP contribution in [0.2, 0.25) is 0 Å². The smallest absolute Gasteiger partial charge is 0.377 e. The average Bonchev–Trinajstić information content (AvgIpc) is 2.70. The molecule has 2 aromatic rings. The second-order valence-corrected chi connectivity index (χ2v) is 4.25. The third-order valence-corrected chi connectivity index (χ3v) is 3.01. The summed E-state index contributed by atoms with van der Waals surface area (Å²) in [5, 5.41) is 12.0. The molecular formula is C10H7IN2O3. The first kappa shape index (κ1) is 11.1. The van der Waals surface area contributed by atoms with Gasteiger partial charge in [-0.15, -0.1) is 0 Å². The summed E-state index contributed by atoms with van der Waals surface area (Å²) in [5.41, 5.74) is 1.03. The van der Waals surface area contributed by atoms with E-state index < -0.39 is 5.97 Å². The van der Waals surface area contributed by atoms with Crippen LogP contribution in [0.4, 0.5) is 0 Å². The lowest BCUT2D eigenvalue weighted by atomic mass is 10.1. The Morgan fingerprint density at radius 3 is 2.81 bits per heavy atom. The molecule has 1 aromatic carbocycles. The van der Waals surface area contributed by atoms with Crippen LogP contribution in [-0.2, 0) is 6.42 Å². The Balaban J connectivity index is 2.21. The molecule has 0 aliphatic carbocycles. The number of carbonyl (C=O) groups is 1. The fourth-order valence-electron chi connectivity index (χ4n) is 1.22. The van der Waals surface area contributed by atoms with E-state index in [9.17, 15) is 4.79 Å². The molecule has 16 heavy (non-hydrogen) atoms. The molecule has 0 atom stereocenters. The van der Waals surface area contributed by atoms with E-state index >= 15 is 0 Å². The van der Waals surface area contributed by atoms with E-state index in [0.717, 1.165) is 9.13 Å². The lowest BCUT2D eigenvalue weighted by Gasteiger charge is -1.98. The molecule has 0 radical (unpaired) electrons. The quantitative estimate of drug-likeness (QED) is 0.871. The number of aromatic nitrogens is 2. The van der Waals surface area contributed by atoms with E-state index in [1.54, 1.807) is 0 Å². The molecule has 6 heteroatoms. The number of hydrogen-bond donors (Lipinski definition) is 1. The molecule has 0 bridgehead atoms. The lowest BCUT2D eigenvalue weighted by Crippen LogP contribution is -1.99. The van der Waals surface area contributed by atoms with E-state index in [1.807, 2.05) is 24.3 Å². The second-order valence-electron chi connectivity index (χ2n) is 3.09. The van der Waals surface area contributed by atoms with Crippen molar-refractivity contribution in [2.75, 3.05) is 0 Å². The summed E-state index contributed by atoms with van der Waals surface area (Å²) in [4.78, 5) is 14.3. The van der Waals surface area contributed by atoms with Gasteiger partial charge in [-0.05, 0) is 39.4 Å². The van der Waals surface area contributed by atoms with Crippen molar-refractivity contribution in [1.29, 1.82) is 0 Å². The number of nitrogens with zero attached hydrogens (tertiary/aromatic N) is 2. The number of aromatic carboxylic acids is 1. The Kier molecular flexibility index (Phi) is 3.18. The minimum Gasteiger partial charge on any atom is -0.475 e. The summed E-state index contributed by atoms with van der Waals surface area (Å²) in [6.45, 7) is 0. The van der Waals surface area contributed by atoms with Crippen LogP contribution in [0.1, 0.15) is 22.1 Å². The molecule has 0 saturated carbocycles. The van der Waals surface area contributed by atoms with E-state index in [4.69, 9.17) is 9.63 Å². The maximum atomic E-state index is 10.5. The summed E-state index contributed by atoms with van der Waals surface area (Å²) >= 11 is 2.20. The van der Waals surface area contributed by atoms with Crippen LogP contribution in [0.3, 0.4) is 0 Å². The van der Waals surface area contributed by atoms with Gasteiger partial charge in [0.2, 0.25) is 5.89 Å². The number of benzene rings is 1. The second kappa shape index (κ2) is 4.60. The van der Waals surface area contributed by atoms with Crippen molar-refractivity contribution in [1.82, 2.24) is 10.1 Å². The summed E-state index contributed by atoms with van der Waals surface area (Å²) < 4.78 is 5.92. The third kappa shape index (κ3) is 2.38. The predicted molar refractivity (Wildman–Crippen MR) is 63.2 cm³/mol. The third-order valence-electron chi connectivity index (χ3n) is 1.96. The van der Waals surface area contributed by atoms with Crippen molar-refractivity contribution in [3.05, 3.63) is 45.1 Å². The summed E-state index contributed by atoms with van der Waals surface area (Å²) in [5.74, 6) is -1.18. The van der Waals surface area contributed by atoms with Gasteiger partial charge in [-0.2, -0.15) is 4.98 Å². The van der Waals surface area contributed by atoms with Gasteiger partial charge in [-0.1, -0.05) is 18.2 Å². The number of hydrogen-bond acceptors (Lipinski definition) is 4. The lowest BCUT2D eigenvalue weighted by molar-refractivity contribution is 0.0680. The van der Waals surface area contributed by atoms with E-state index in [-0.39, 0.29) is 5.82 Å².